The van der Waals surface area contributed by atoms with Gasteiger partial charge in [-0.15, -0.1) is 0 Å². The molecule has 0 amide bonds. The van der Waals surface area contributed by atoms with Gasteiger partial charge in [-0.05, 0) is 12.1 Å². The summed E-state index contributed by atoms with van der Waals surface area (Å²) in [6.45, 7) is 0.480. The molecular formula is C12H13N3O. The van der Waals surface area contributed by atoms with E-state index in [-0.39, 0.29) is 5.56 Å². The Morgan fingerprint density at radius 2 is 2.00 bits per heavy atom. The predicted octanol–water partition coefficient (Wildman–Crippen LogP) is 0.938. The molecule has 0 fully saturated rings. The molecule has 2 aromatic rings. The molecular weight excluding hydrogens is 202 g/mol. The average Bonchev–Trinajstić information content (AvgIpc) is 2.31. The Kier molecular flexibility index (Phi) is 3.12. The molecule has 1 aromatic heterocycles. The highest BCUT2D eigenvalue weighted by atomic mass is 16.1. The van der Waals surface area contributed by atoms with Crippen LogP contribution in [0.4, 0.5) is 0 Å². The minimum atomic E-state index is -0.121. The number of benzene rings is 1. The van der Waals surface area contributed by atoms with Gasteiger partial charge in [-0.1, -0.05) is 30.3 Å². The van der Waals surface area contributed by atoms with Gasteiger partial charge in [0.2, 0.25) is 0 Å². The van der Waals surface area contributed by atoms with Crippen LogP contribution in [-0.2, 0) is 6.42 Å². The fourth-order valence-corrected chi connectivity index (χ4v) is 1.52. The molecule has 0 aliphatic heterocycles. The monoisotopic (exact) mass is 215 g/mol. The summed E-state index contributed by atoms with van der Waals surface area (Å²) in [6, 6.07) is 9.46. The first-order valence-corrected chi connectivity index (χ1v) is 5.15. The normalized spacial score (nSPS) is 10.3. The van der Waals surface area contributed by atoms with E-state index >= 15 is 0 Å². The lowest BCUT2D eigenvalue weighted by Gasteiger charge is -2.01. The second-order valence-electron chi connectivity index (χ2n) is 3.48. The summed E-state index contributed by atoms with van der Waals surface area (Å²) in [5.41, 5.74) is 6.73. The number of nitrogens with one attached hydrogen (secondary N) is 1. The second-order valence-corrected chi connectivity index (χ2v) is 3.48. The SMILES string of the molecule is NCCc1ncc(-c2ccccc2)c(=O)[nH]1. The van der Waals surface area contributed by atoms with E-state index in [0.717, 1.165) is 5.56 Å². The fraction of sp³-hybridized carbons (Fsp3) is 0.167. The molecule has 1 aromatic carbocycles. The molecule has 1 heterocycles. The van der Waals surface area contributed by atoms with E-state index in [2.05, 4.69) is 9.97 Å². The molecule has 16 heavy (non-hydrogen) atoms. The topological polar surface area (TPSA) is 71.8 Å². The van der Waals surface area contributed by atoms with Gasteiger partial charge in [-0.25, -0.2) is 4.98 Å². The summed E-state index contributed by atoms with van der Waals surface area (Å²) in [5, 5.41) is 0. The highest BCUT2D eigenvalue weighted by Gasteiger charge is 2.03. The number of H-pyrrole nitrogens is 1. The predicted molar refractivity (Wildman–Crippen MR) is 63.1 cm³/mol. The van der Waals surface area contributed by atoms with Crippen molar-refractivity contribution < 1.29 is 0 Å². The molecule has 0 bridgehead atoms. The van der Waals surface area contributed by atoms with Gasteiger partial charge in [0.25, 0.3) is 5.56 Å². The molecule has 0 radical (unpaired) electrons. The van der Waals surface area contributed by atoms with Crippen LogP contribution >= 0.6 is 0 Å². The third kappa shape index (κ3) is 2.17. The minimum Gasteiger partial charge on any atom is -0.330 e. The highest BCUT2D eigenvalue weighted by molar-refractivity contribution is 5.60. The largest absolute Gasteiger partial charge is 0.330 e. The van der Waals surface area contributed by atoms with E-state index in [1.165, 1.54) is 0 Å². The van der Waals surface area contributed by atoms with Crippen LogP contribution in [0, 0.1) is 0 Å². The van der Waals surface area contributed by atoms with E-state index in [9.17, 15) is 4.79 Å². The zero-order valence-electron chi connectivity index (χ0n) is 8.81. The molecule has 4 nitrogen and oxygen atoms in total. The van der Waals surface area contributed by atoms with E-state index in [1.54, 1.807) is 6.20 Å². The van der Waals surface area contributed by atoms with Gasteiger partial charge >= 0.3 is 0 Å². The number of nitrogens with zero attached hydrogens (tertiary/aromatic N) is 1. The quantitative estimate of drug-likeness (QED) is 0.800. The molecule has 82 valence electrons. The molecule has 0 atom stereocenters. The summed E-state index contributed by atoms with van der Waals surface area (Å²) < 4.78 is 0. The van der Waals surface area contributed by atoms with Crippen molar-refractivity contribution in [3.63, 3.8) is 0 Å². The molecule has 3 N–H and O–H groups in total. The first kappa shape index (κ1) is 10.6. The van der Waals surface area contributed by atoms with Crippen LogP contribution in [0.2, 0.25) is 0 Å². The minimum absolute atomic E-state index is 0.121. The van der Waals surface area contributed by atoms with Crippen molar-refractivity contribution >= 4 is 0 Å². The van der Waals surface area contributed by atoms with Gasteiger partial charge in [0.1, 0.15) is 5.82 Å². The number of hydrogen-bond acceptors (Lipinski definition) is 3. The van der Waals surface area contributed by atoms with Gasteiger partial charge < -0.3 is 10.7 Å². The number of aromatic amines is 1. The van der Waals surface area contributed by atoms with E-state index in [4.69, 9.17) is 5.73 Å². The molecule has 2 rings (SSSR count). The van der Waals surface area contributed by atoms with Crippen LogP contribution in [0.1, 0.15) is 5.82 Å². The molecule has 4 heteroatoms. The van der Waals surface area contributed by atoms with Crippen molar-refractivity contribution in [3.05, 3.63) is 52.7 Å². The van der Waals surface area contributed by atoms with Gasteiger partial charge in [-0.3, -0.25) is 4.79 Å². The number of rotatable bonds is 3. The Bertz CT molecular complexity index is 519. The van der Waals surface area contributed by atoms with Crippen molar-refractivity contribution in [1.82, 2.24) is 9.97 Å². The van der Waals surface area contributed by atoms with Crippen LogP contribution in [0.5, 0.6) is 0 Å². The third-order valence-corrected chi connectivity index (χ3v) is 2.32. The van der Waals surface area contributed by atoms with Crippen molar-refractivity contribution in [2.45, 2.75) is 6.42 Å². The lowest BCUT2D eigenvalue weighted by atomic mass is 10.1. The highest BCUT2D eigenvalue weighted by Crippen LogP contribution is 2.12. The Hall–Kier alpha value is -1.94. The van der Waals surface area contributed by atoms with Crippen LogP contribution in [-0.4, -0.2) is 16.5 Å². The van der Waals surface area contributed by atoms with Gasteiger partial charge in [-0.2, -0.15) is 0 Å². The van der Waals surface area contributed by atoms with E-state index < -0.39 is 0 Å². The number of nitrogens with two attached hydrogens (primary N) is 1. The maximum atomic E-state index is 11.8. The summed E-state index contributed by atoms with van der Waals surface area (Å²) >= 11 is 0. The van der Waals surface area contributed by atoms with Crippen molar-refractivity contribution in [2.24, 2.45) is 5.73 Å². The van der Waals surface area contributed by atoms with E-state index in [0.29, 0.717) is 24.4 Å². The molecule has 0 aliphatic carbocycles. The Labute approximate surface area is 93.2 Å². The smallest absolute Gasteiger partial charge is 0.258 e. The standard InChI is InChI=1S/C12H13N3O/c13-7-6-11-14-8-10(12(16)15-11)9-4-2-1-3-5-9/h1-5,8H,6-7,13H2,(H,14,15,16). The maximum Gasteiger partial charge on any atom is 0.258 e. The first-order valence-electron chi connectivity index (χ1n) is 5.15. The van der Waals surface area contributed by atoms with Crippen LogP contribution in [0.3, 0.4) is 0 Å². The summed E-state index contributed by atoms with van der Waals surface area (Å²) in [4.78, 5) is 18.7. The Balaban J connectivity index is 2.41. The molecule has 0 aliphatic rings. The van der Waals surface area contributed by atoms with Crippen molar-refractivity contribution in [1.29, 1.82) is 0 Å². The summed E-state index contributed by atoms with van der Waals surface area (Å²) in [6.07, 6.45) is 2.18. The zero-order chi connectivity index (χ0) is 11.4. The second kappa shape index (κ2) is 4.72. The van der Waals surface area contributed by atoms with Gasteiger partial charge in [0, 0.05) is 12.6 Å². The molecule has 0 saturated carbocycles. The zero-order valence-corrected chi connectivity index (χ0v) is 8.81. The van der Waals surface area contributed by atoms with Crippen molar-refractivity contribution in [2.75, 3.05) is 6.54 Å². The van der Waals surface area contributed by atoms with Crippen molar-refractivity contribution in [3.8, 4) is 11.1 Å². The number of hydrogen-bond donors (Lipinski definition) is 2. The summed E-state index contributed by atoms with van der Waals surface area (Å²) in [7, 11) is 0. The maximum absolute atomic E-state index is 11.8. The first-order chi connectivity index (χ1) is 7.81. The van der Waals surface area contributed by atoms with E-state index in [1.807, 2.05) is 30.3 Å². The van der Waals surface area contributed by atoms with Gasteiger partial charge in [0.15, 0.2) is 0 Å². The van der Waals surface area contributed by atoms with Crippen LogP contribution in [0.25, 0.3) is 11.1 Å². The summed E-state index contributed by atoms with van der Waals surface area (Å²) in [5.74, 6) is 0.632. The third-order valence-electron chi connectivity index (χ3n) is 2.32. The lowest BCUT2D eigenvalue weighted by molar-refractivity contribution is 0.857. The number of aromatic nitrogens is 2. The van der Waals surface area contributed by atoms with Crippen LogP contribution in [0.15, 0.2) is 41.3 Å². The molecule has 0 spiro atoms. The Morgan fingerprint density at radius 1 is 1.25 bits per heavy atom. The average molecular weight is 215 g/mol. The lowest BCUT2D eigenvalue weighted by Crippen LogP contribution is -2.15. The van der Waals surface area contributed by atoms with Crippen LogP contribution < -0.4 is 11.3 Å². The fourth-order valence-electron chi connectivity index (χ4n) is 1.52. The Morgan fingerprint density at radius 3 is 2.62 bits per heavy atom. The molecule has 0 unspecified atom stereocenters. The van der Waals surface area contributed by atoms with Gasteiger partial charge in [0.05, 0.1) is 5.56 Å². The molecule has 0 saturated heterocycles.